The van der Waals surface area contributed by atoms with Crippen LogP contribution in [-0.2, 0) is 11.0 Å². The maximum atomic E-state index is 15.5. The molecule has 33 rings (SSSR count). The Morgan fingerprint density at radius 1 is 0.232 bits per heavy atom. The molecule has 28 aromatic carbocycles. The second kappa shape index (κ2) is 5.72. The first-order chi connectivity index (χ1) is 34.3. The van der Waals surface area contributed by atoms with Gasteiger partial charge in [-0.25, -0.2) is 0 Å². The molecule has 288 valence electrons. The van der Waals surface area contributed by atoms with Crippen molar-refractivity contribution in [2.24, 2.45) is 0 Å². The zero-order valence-corrected chi connectivity index (χ0v) is 35.2. The fourth-order valence-corrected chi connectivity index (χ4v) is 24.5. The Hall–Kier alpha value is -8.56. The molecule has 0 amide bonds. The van der Waals surface area contributed by atoms with E-state index in [0.29, 0.717) is 0 Å². The molecule has 0 saturated carbocycles. The van der Waals surface area contributed by atoms with Crippen LogP contribution in [0.4, 0.5) is 0 Å². The van der Waals surface area contributed by atoms with Gasteiger partial charge in [-0.15, -0.1) is 0 Å². The molecule has 0 bridgehead atoms. The van der Waals surface area contributed by atoms with Gasteiger partial charge in [-0.3, -0.25) is 0 Å². The number of aliphatic hydroxyl groups is 1. The molecule has 0 spiro atoms. The third kappa shape index (κ3) is 1.35. The smallest absolute Gasteiger partial charge is 0.143 e. The van der Waals surface area contributed by atoms with Crippen molar-refractivity contribution in [2.45, 2.75) is 11.0 Å². The zero-order valence-electron chi connectivity index (χ0n) is 35.2. The predicted octanol–water partition coefficient (Wildman–Crippen LogP) is 17.0. The van der Waals surface area contributed by atoms with Crippen LogP contribution in [-0.4, -0.2) is 12.2 Å². The van der Waals surface area contributed by atoms with Gasteiger partial charge < -0.3 is 9.84 Å². The molecule has 0 saturated heterocycles. The van der Waals surface area contributed by atoms with E-state index < -0.39 is 11.0 Å². The third-order valence-corrected chi connectivity index (χ3v) is 24.7. The molecule has 2 nitrogen and oxygen atoms in total. The van der Waals surface area contributed by atoms with E-state index in [1.54, 1.807) is 194 Å². The lowest BCUT2D eigenvalue weighted by Crippen LogP contribution is -2.43. The summed E-state index contributed by atoms with van der Waals surface area (Å²) in [5.41, 5.74) is 7.66. The standard InChI is InChI=1S/C67H8O2/c1-69-7-4-2-6(3-5-7)66-60-52-43-36-23-16-10-11-13-9-8-12(10)21(23)27-25-14(8)18-15(9)26-28-22(13)24-17(11)20-19(16)30-38-31(20)40-37(24)44-42(28)46-33(26)35-29(18)34-32(25)45(41(27)43)56(60)58-47(34)48(35)59-57(46)61-53(44)50(40)55-51(38)54(49(52)39(30)36)62(66)64(55)67(61,68)65(59)63(58)66/h2-5,68H,1H3. The van der Waals surface area contributed by atoms with Gasteiger partial charge in [0, 0.05) is 16.7 Å². The minimum absolute atomic E-state index is 0.611. The average molecular weight is 845 g/mol. The Morgan fingerprint density at radius 2 is 0.420 bits per heavy atom. The predicted molar refractivity (Wildman–Crippen MR) is 287 cm³/mol. The molecule has 2 atom stereocenters. The summed E-state index contributed by atoms with van der Waals surface area (Å²) >= 11 is 0. The SMILES string of the molecule is COc1ccc(C23c4c5c6c7c8c9c%10c%11c(c2c2c%12c3c3c%13c4c6c4c6c7c7c8c8c%10c%10c%14c%11c2c2c%11c%12c%12c3c3c%13c4c4c6c6c7c7c8c%10c8c(c%142)c2c%11c%12c%10c3c4c3c%10c2c8c7c63)C59O)cc1. The van der Waals surface area contributed by atoms with E-state index in [1.807, 2.05) is 7.11 Å². The van der Waals surface area contributed by atoms with Crippen molar-refractivity contribution in [1.82, 2.24) is 0 Å². The zero-order chi connectivity index (χ0) is 41.2. The van der Waals surface area contributed by atoms with Crippen LogP contribution in [0, 0.1) is 0 Å². The van der Waals surface area contributed by atoms with Gasteiger partial charge >= 0.3 is 0 Å². The number of hydrogen-bond acceptors (Lipinski definition) is 2. The lowest BCUT2D eigenvalue weighted by molar-refractivity contribution is 0.128. The van der Waals surface area contributed by atoms with Gasteiger partial charge in [0.25, 0.3) is 0 Å². The van der Waals surface area contributed by atoms with Gasteiger partial charge in [0.2, 0.25) is 0 Å². The van der Waals surface area contributed by atoms with Crippen molar-refractivity contribution in [2.75, 3.05) is 7.11 Å². The molecule has 0 aromatic heterocycles. The van der Waals surface area contributed by atoms with Crippen LogP contribution in [0.2, 0.25) is 0 Å². The molecule has 2 heteroatoms. The summed E-state index contributed by atoms with van der Waals surface area (Å²) in [4.78, 5) is 0. The van der Waals surface area contributed by atoms with E-state index >= 15 is 5.11 Å². The normalized spacial score (nSPS) is 21.9. The molecule has 1 N–H and O–H groups in total. The Labute approximate surface area is 375 Å². The lowest BCUT2D eigenvalue weighted by atomic mass is 9.55. The van der Waals surface area contributed by atoms with E-state index in [-0.39, 0.29) is 0 Å². The molecule has 5 aliphatic carbocycles. The highest BCUT2D eigenvalue weighted by atomic mass is 16.5. The van der Waals surface area contributed by atoms with Crippen molar-refractivity contribution in [3.8, 4) is 5.75 Å². The molecular formula is C67H8O2. The second-order valence-electron chi connectivity index (χ2n) is 24.9. The average Bonchev–Trinajstić information content (AvgIpc) is 4.36. The molecule has 69 heavy (non-hydrogen) atoms. The molecule has 2 unspecified atom stereocenters. The molecule has 5 aliphatic rings. The summed E-state index contributed by atoms with van der Waals surface area (Å²) < 4.78 is 6.02. The first-order valence-electron chi connectivity index (χ1n) is 25.4. The number of benzene rings is 18. The first-order valence-corrected chi connectivity index (χ1v) is 25.4. The van der Waals surface area contributed by atoms with E-state index in [0.717, 1.165) is 5.75 Å². The largest absolute Gasteiger partial charge is 0.497 e. The van der Waals surface area contributed by atoms with Crippen molar-refractivity contribution in [3.05, 3.63) is 63.2 Å². The first kappa shape index (κ1) is 25.5. The summed E-state index contributed by atoms with van der Waals surface area (Å²) in [6.07, 6.45) is 0. The number of ether oxygens (including phenoxy) is 1. The van der Waals surface area contributed by atoms with Crippen molar-refractivity contribution in [3.63, 3.8) is 0 Å². The Balaban J connectivity index is 1.21. The van der Waals surface area contributed by atoms with Gasteiger partial charge in [0.05, 0.1) is 12.5 Å². The molecule has 28 aromatic rings. The highest BCUT2D eigenvalue weighted by Crippen LogP contribution is 2.84. The maximum absolute atomic E-state index is 15.5. The van der Waals surface area contributed by atoms with E-state index in [9.17, 15) is 0 Å². The molecule has 0 radical (unpaired) electrons. The third-order valence-electron chi connectivity index (χ3n) is 24.7. The van der Waals surface area contributed by atoms with Crippen LogP contribution >= 0.6 is 0 Å². The van der Waals surface area contributed by atoms with Gasteiger partial charge in [0.1, 0.15) is 11.4 Å². The van der Waals surface area contributed by atoms with Crippen molar-refractivity contribution in [1.29, 1.82) is 0 Å². The summed E-state index contributed by atoms with van der Waals surface area (Å²) in [7, 11) is 1.81. The topological polar surface area (TPSA) is 29.5 Å². The van der Waals surface area contributed by atoms with Gasteiger partial charge in [-0.2, -0.15) is 0 Å². The highest BCUT2D eigenvalue weighted by molar-refractivity contribution is 6.81. The lowest BCUT2D eigenvalue weighted by Gasteiger charge is -2.47. The van der Waals surface area contributed by atoms with E-state index in [2.05, 4.69) is 24.3 Å². The summed E-state index contributed by atoms with van der Waals surface area (Å²) in [5, 5.41) is 96.2. The number of rotatable bonds is 2. The molecule has 0 aliphatic heterocycles. The Morgan fingerprint density at radius 3 is 0.725 bits per heavy atom. The summed E-state index contributed by atoms with van der Waals surface area (Å²) in [5.74, 6) is 0.900. The monoisotopic (exact) mass is 844 g/mol. The summed E-state index contributed by atoms with van der Waals surface area (Å²) in [6, 6.07) is 9.42. The number of hydrogen-bond donors (Lipinski definition) is 1. The minimum Gasteiger partial charge on any atom is -0.497 e. The van der Waals surface area contributed by atoms with Gasteiger partial charge in [-0.05, 0) is 314 Å². The molecule has 0 heterocycles. The number of methoxy groups -OCH3 is 1. The van der Waals surface area contributed by atoms with E-state index in [4.69, 9.17) is 4.74 Å². The van der Waals surface area contributed by atoms with E-state index in [1.165, 1.54) is 125 Å². The van der Waals surface area contributed by atoms with Crippen LogP contribution in [0.3, 0.4) is 0 Å². The maximum Gasteiger partial charge on any atom is 0.143 e. The van der Waals surface area contributed by atoms with Crippen molar-refractivity contribution < 1.29 is 9.84 Å². The van der Waals surface area contributed by atoms with Crippen LogP contribution in [0.15, 0.2) is 24.3 Å². The highest BCUT2D eigenvalue weighted by Gasteiger charge is 2.66. The second-order valence-corrected chi connectivity index (χ2v) is 24.9. The van der Waals surface area contributed by atoms with Gasteiger partial charge in [-0.1, -0.05) is 12.1 Å². The summed E-state index contributed by atoms with van der Waals surface area (Å²) in [6.45, 7) is 0. The van der Waals surface area contributed by atoms with Gasteiger partial charge in [0.15, 0.2) is 0 Å². The molecule has 0 fully saturated rings. The quantitative estimate of drug-likeness (QED) is 0.176. The fourth-order valence-electron chi connectivity index (χ4n) is 24.5. The van der Waals surface area contributed by atoms with Crippen LogP contribution in [0.25, 0.3) is 280 Å². The Kier molecular flexibility index (Phi) is 2.12. The van der Waals surface area contributed by atoms with Crippen molar-refractivity contribution >= 4 is 280 Å². The minimum atomic E-state index is -1.28. The van der Waals surface area contributed by atoms with Crippen LogP contribution in [0.1, 0.15) is 38.9 Å². The van der Waals surface area contributed by atoms with Crippen LogP contribution < -0.4 is 4.74 Å². The Bertz CT molecular complexity index is 7400. The molecular weight excluding hydrogens is 837 g/mol. The fraction of sp³-hybridized carbons (Fsp3) is 0.0448. The van der Waals surface area contributed by atoms with Crippen LogP contribution in [0.5, 0.6) is 5.75 Å².